The number of hydrogen-bond donors (Lipinski definition) is 1. The Hall–Kier alpha value is -3.55. The molecule has 1 N–H and O–H groups in total. The van der Waals surface area contributed by atoms with E-state index in [9.17, 15) is 14.9 Å². The van der Waals surface area contributed by atoms with Gasteiger partial charge in [-0.1, -0.05) is 12.1 Å². The second-order valence-electron chi connectivity index (χ2n) is 6.17. The van der Waals surface area contributed by atoms with Crippen LogP contribution in [0.15, 0.2) is 47.7 Å². The van der Waals surface area contributed by atoms with E-state index >= 15 is 0 Å². The Kier molecular flexibility index (Phi) is 2.96. The van der Waals surface area contributed by atoms with Crippen LogP contribution in [0.1, 0.15) is 17.0 Å². The number of esters is 1. The molecule has 1 unspecified atom stereocenters. The summed E-state index contributed by atoms with van der Waals surface area (Å²) in [7, 11) is 0. The predicted molar refractivity (Wildman–Crippen MR) is 89.1 cm³/mol. The molecule has 0 radical (unpaired) electrons. The highest BCUT2D eigenvalue weighted by Gasteiger charge is 2.39. The SMILES string of the molecule is O=C1OCC2=C1C(c1ccc([N+](=O)[O-])cc1)c1cc3c(cc1N2)OCO3. The molecule has 0 aliphatic carbocycles. The summed E-state index contributed by atoms with van der Waals surface area (Å²) >= 11 is 0. The summed E-state index contributed by atoms with van der Waals surface area (Å²) in [5.74, 6) is 0.451. The van der Waals surface area contributed by atoms with Crippen molar-refractivity contribution in [2.45, 2.75) is 5.92 Å². The van der Waals surface area contributed by atoms with Gasteiger partial charge in [0.25, 0.3) is 5.69 Å². The number of ether oxygens (including phenoxy) is 3. The Morgan fingerprint density at radius 1 is 1.08 bits per heavy atom. The molecule has 0 aromatic heterocycles. The Morgan fingerprint density at radius 3 is 2.54 bits per heavy atom. The molecule has 0 amide bonds. The fourth-order valence-corrected chi connectivity index (χ4v) is 3.57. The van der Waals surface area contributed by atoms with Crippen LogP contribution >= 0.6 is 0 Å². The summed E-state index contributed by atoms with van der Waals surface area (Å²) in [5, 5.41) is 14.2. The molecule has 8 heteroatoms. The normalized spacial score (nSPS) is 19.5. The van der Waals surface area contributed by atoms with E-state index in [-0.39, 0.29) is 25.1 Å². The molecule has 3 aliphatic heterocycles. The van der Waals surface area contributed by atoms with Gasteiger partial charge < -0.3 is 19.5 Å². The van der Waals surface area contributed by atoms with Gasteiger partial charge in [-0.15, -0.1) is 0 Å². The van der Waals surface area contributed by atoms with Crippen LogP contribution in [0.5, 0.6) is 11.5 Å². The molecule has 1 atom stereocenters. The smallest absolute Gasteiger partial charge is 0.337 e. The van der Waals surface area contributed by atoms with Crippen LogP contribution in [-0.4, -0.2) is 24.3 Å². The van der Waals surface area contributed by atoms with Gasteiger partial charge in [0.05, 0.1) is 16.2 Å². The van der Waals surface area contributed by atoms with Crippen molar-refractivity contribution in [3.63, 3.8) is 0 Å². The van der Waals surface area contributed by atoms with Crippen molar-refractivity contribution in [3.8, 4) is 11.5 Å². The van der Waals surface area contributed by atoms with Gasteiger partial charge in [0.1, 0.15) is 6.61 Å². The number of nitrogens with one attached hydrogen (secondary N) is 1. The fourth-order valence-electron chi connectivity index (χ4n) is 3.57. The first-order chi connectivity index (χ1) is 12.6. The van der Waals surface area contributed by atoms with Crippen molar-refractivity contribution < 1.29 is 23.9 Å². The van der Waals surface area contributed by atoms with E-state index < -0.39 is 10.8 Å². The van der Waals surface area contributed by atoms with E-state index in [0.29, 0.717) is 22.8 Å². The minimum atomic E-state index is -0.452. The lowest BCUT2D eigenvalue weighted by molar-refractivity contribution is -0.384. The first kappa shape index (κ1) is 14.8. The van der Waals surface area contributed by atoms with E-state index in [1.165, 1.54) is 12.1 Å². The number of fused-ring (bicyclic) bond motifs is 2. The standard InChI is InChI=1S/C18H12N2O6/c21-18-17-13(7-24-18)19-12-6-15-14(25-8-26-15)5-11(12)16(17)9-1-3-10(4-2-9)20(22)23/h1-6,16,19H,7-8H2. The van der Waals surface area contributed by atoms with Crippen molar-refractivity contribution in [2.75, 3.05) is 18.7 Å². The highest BCUT2D eigenvalue weighted by molar-refractivity contribution is 5.97. The van der Waals surface area contributed by atoms with E-state index in [4.69, 9.17) is 14.2 Å². The van der Waals surface area contributed by atoms with Gasteiger partial charge >= 0.3 is 5.97 Å². The van der Waals surface area contributed by atoms with Gasteiger partial charge in [0, 0.05) is 29.8 Å². The molecule has 0 saturated carbocycles. The largest absolute Gasteiger partial charge is 0.456 e. The van der Waals surface area contributed by atoms with Crippen molar-refractivity contribution in [2.24, 2.45) is 0 Å². The van der Waals surface area contributed by atoms with E-state index in [1.54, 1.807) is 12.1 Å². The number of cyclic esters (lactones) is 1. The molecule has 2 aromatic carbocycles. The first-order valence-corrected chi connectivity index (χ1v) is 7.97. The summed E-state index contributed by atoms with van der Waals surface area (Å²) in [5.41, 5.74) is 3.62. The summed E-state index contributed by atoms with van der Waals surface area (Å²) in [6.07, 6.45) is 0. The number of carbonyl (C=O) groups excluding carboxylic acids is 1. The van der Waals surface area contributed by atoms with Crippen LogP contribution in [-0.2, 0) is 9.53 Å². The zero-order valence-electron chi connectivity index (χ0n) is 13.4. The Bertz CT molecular complexity index is 995. The quantitative estimate of drug-likeness (QED) is 0.504. The summed E-state index contributed by atoms with van der Waals surface area (Å²) in [4.78, 5) is 22.8. The second-order valence-corrected chi connectivity index (χ2v) is 6.17. The van der Waals surface area contributed by atoms with Crippen molar-refractivity contribution in [1.29, 1.82) is 0 Å². The molecular formula is C18H12N2O6. The molecule has 5 rings (SSSR count). The minimum Gasteiger partial charge on any atom is -0.456 e. The van der Waals surface area contributed by atoms with Crippen LogP contribution in [0.3, 0.4) is 0 Å². The lowest BCUT2D eigenvalue weighted by atomic mass is 9.81. The van der Waals surface area contributed by atoms with Crippen molar-refractivity contribution >= 4 is 17.3 Å². The Morgan fingerprint density at radius 2 is 1.81 bits per heavy atom. The number of anilines is 1. The highest BCUT2D eigenvalue weighted by atomic mass is 16.7. The third-order valence-electron chi connectivity index (χ3n) is 4.76. The molecule has 26 heavy (non-hydrogen) atoms. The maximum absolute atomic E-state index is 12.3. The lowest BCUT2D eigenvalue weighted by Crippen LogP contribution is -2.19. The maximum atomic E-state index is 12.3. The zero-order chi connectivity index (χ0) is 17.8. The van der Waals surface area contributed by atoms with Crippen LogP contribution in [0.4, 0.5) is 11.4 Å². The first-order valence-electron chi connectivity index (χ1n) is 7.97. The molecule has 0 spiro atoms. The van der Waals surface area contributed by atoms with Crippen LogP contribution in [0.2, 0.25) is 0 Å². The highest BCUT2D eigenvalue weighted by Crippen LogP contribution is 2.48. The van der Waals surface area contributed by atoms with E-state index in [2.05, 4.69) is 5.32 Å². The van der Waals surface area contributed by atoms with Crippen molar-refractivity contribution in [1.82, 2.24) is 0 Å². The number of non-ortho nitro benzene ring substituents is 1. The summed E-state index contributed by atoms with van der Waals surface area (Å²) < 4.78 is 16.1. The Labute approximate surface area is 147 Å². The van der Waals surface area contributed by atoms with Gasteiger partial charge in [-0.25, -0.2) is 4.79 Å². The third-order valence-corrected chi connectivity index (χ3v) is 4.76. The molecule has 0 saturated heterocycles. The molecule has 3 heterocycles. The van der Waals surface area contributed by atoms with Gasteiger partial charge in [-0.3, -0.25) is 10.1 Å². The van der Waals surface area contributed by atoms with Crippen LogP contribution < -0.4 is 14.8 Å². The number of benzene rings is 2. The second kappa shape index (κ2) is 5.22. The van der Waals surface area contributed by atoms with Crippen LogP contribution in [0, 0.1) is 10.1 Å². The number of nitrogens with zero attached hydrogens (tertiary/aromatic N) is 1. The average Bonchev–Trinajstić information content (AvgIpc) is 3.24. The van der Waals surface area contributed by atoms with E-state index in [0.717, 1.165) is 16.8 Å². The number of rotatable bonds is 2. The molecular weight excluding hydrogens is 340 g/mol. The number of hydrogen-bond acceptors (Lipinski definition) is 7. The van der Waals surface area contributed by atoms with Gasteiger partial charge in [-0.2, -0.15) is 0 Å². The third kappa shape index (κ3) is 2.05. The average molecular weight is 352 g/mol. The van der Waals surface area contributed by atoms with Gasteiger partial charge in [-0.05, 0) is 17.2 Å². The predicted octanol–water partition coefficient (Wildman–Crippen LogP) is 2.69. The number of nitro benzene ring substituents is 1. The zero-order valence-corrected chi connectivity index (χ0v) is 13.4. The fraction of sp³-hybridized carbons (Fsp3) is 0.167. The summed E-state index contributed by atoms with van der Waals surface area (Å²) in [6, 6.07) is 9.88. The monoisotopic (exact) mass is 352 g/mol. The molecule has 130 valence electrons. The number of carbonyl (C=O) groups is 1. The lowest BCUT2D eigenvalue weighted by Gasteiger charge is -2.27. The molecule has 2 aromatic rings. The summed E-state index contributed by atoms with van der Waals surface area (Å²) in [6.45, 7) is 0.321. The van der Waals surface area contributed by atoms with Crippen LogP contribution in [0.25, 0.3) is 0 Å². The molecule has 0 fully saturated rings. The van der Waals surface area contributed by atoms with Gasteiger partial charge in [0.15, 0.2) is 11.5 Å². The minimum absolute atomic E-state index is 0.00297. The maximum Gasteiger partial charge on any atom is 0.337 e. The van der Waals surface area contributed by atoms with Crippen molar-refractivity contribution in [3.05, 3.63) is 68.9 Å². The van der Waals surface area contributed by atoms with E-state index in [1.807, 2.05) is 12.1 Å². The van der Waals surface area contributed by atoms with Gasteiger partial charge in [0.2, 0.25) is 6.79 Å². The number of nitro groups is 1. The molecule has 8 nitrogen and oxygen atoms in total. The topological polar surface area (TPSA) is 99.9 Å². The Balaban J connectivity index is 1.68. The molecule has 3 aliphatic rings. The molecule has 0 bridgehead atoms.